The van der Waals surface area contributed by atoms with Gasteiger partial charge in [-0.25, -0.2) is 4.79 Å². The van der Waals surface area contributed by atoms with Gasteiger partial charge in [0.2, 0.25) is 41.7 Å². The Morgan fingerprint density at radius 3 is 1.50 bits per heavy atom. The molecule has 8 atom stereocenters. The quantitative estimate of drug-likeness (QED) is 0.110. The monoisotopic (exact) mass is 1090 g/mol. The van der Waals surface area contributed by atoms with Crippen LogP contribution in [0.5, 0.6) is 0 Å². The van der Waals surface area contributed by atoms with Gasteiger partial charge < -0.3 is 45.3 Å². The molecular weight excluding hydrogens is 1020 g/mol. The number of benzene rings is 4. The third kappa shape index (κ3) is 16.5. The van der Waals surface area contributed by atoms with Crippen LogP contribution >= 0.6 is 0 Å². The van der Waals surface area contributed by atoms with Crippen molar-refractivity contribution in [2.75, 3.05) is 30.9 Å². The first-order valence-electron chi connectivity index (χ1n) is 26.5. The lowest BCUT2D eigenvalue weighted by Gasteiger charge is -2.31. The maximum Gasteiger partial charge on any atom is 0.446 e. The average Bonchev–Trinajstić information content (AvgIpc) is 4.03. The molecule has 0 spiro atoms. The fourth-order valence-corrected chi connectivity index (χ4v) is 9.07. The average molecular weight is 1090 g/mol. The van der Waals surface area contributed by atoms with Crippen LogP contribution in [0.2, 0.25) is 0 Å². The molecule has 0 aromatic heterocycles. The van der Waals surface area contributed by atoms with Crippen molar-refractivity contribution in [2.45, 2.75) is 162 Å². The Morgan fingerprint density at radius 1 is 0.705 bits per heavy atom. The van der Waals surface area contributed by atoms with Crippen LogP contribution in [0.3, 0.4) is 0 Å². The zero-order valence-electron chi connectivity index (χ0n) is 46.0. The van der Waals surface area contributed by atoms with Crippen LogP contribution in [0.1, 0.15) is 109 Å². The molecule has 4 N–H and O–H groups in total. The molecule has 0 bridgehead atoms. The summed E-state index contributed by atoms with van der Waals surface area (Å²) in [5, 5.41) is 15.5. The zero-order valence-corrected chi connectivity index (χ0v) is 45.0. The van der Waals surface area contributed by atoms with E-state index in [1.54, 1.807) is 27.7 Å². The number of aldehydes is 1. The summed E-state index contributed by atoms with van der Waals surface area (Å²) < 4.78 is 54.5. The van der Waals surface area contributed by atoms with Crippen molar-refractivity contribution in [3.05, 3.63) is 84.9 Å². The molecule has 21 heteroatoms. The van der Waals surface area contributed by atoms with Gasteiger partial charge >= 0.3 is 12.3 Å². The van der Waals surface area contributed by atoms with Crippen molar-refractivity contribution in [3.63, 3.8) is 0 Å². The van der Waals surface area contributed by atoms with Crippen molar-refractivity contribution in [3.8, 4) is 0 Å². The molecule has 0 aliphatic carbocycles. The van der Waals surface area contributed by atoms with Crippen LogP contribution in [0.15, 0.2) is 84.9 Å². The molecular formula is C57H76F3N7O11. The normalized spacial score (nSPS) is 21.7. The van der Waals surface area contributed by atoms with Crippen LogP contribution in [0.4, 0.5) is 29.3 Å². The van der Waals surface area contributed by atoms with Crippen molar-refractivity contribution in [2.24, 2.45) is 5.92 Å². The van der Waals surface area contributed by atoms with E-state index in [-0.39, 0.29) is 55.9 Å². The van der Waals surface area contributed by atoms with Gasteiger partial charge in [-0.2, -0.15) is 13.2 Å². The van der Waals surface area contributed by atoms with E-state index < -0.39 is 72.7 Å². The summed E-state index contributed by atoms with van der Waals surface area (Å²) in [6, 6.07) is 23.2. The maximum atomic E-state index is 13.6. The first-order chi connectivity index (χ1) is 36.9. The van der Waals surface area contributed by atoms with E-state index in [2.05, 4.69) is 21.3 Å². The van der Waals surface area contributed by atoms with Crippen molar-refractivity contribution < 1.29 is 67.1 Å². The molecule has 0 saturated carbocycles. The number of alkyl halides is 3. The minimum absolute atomic E-state index is 0. The number of hydrogen-bond donors (Lipinski definition) is 4. The SMILES string of the molecule is C.CC.CC[C@@H](C)C(=O)N[C@H]1CCO[C@H]2CC[C@@H](C(=O)Nc3cccc4ccccc34)N2C1=O.C[C@@H](C(=O)N[C@H]1CCO[C@H]2CC[C@@H](C(=O)Nc3cccc4ccccc34)N2C1=O)N(C)C(=O)OC(C)(C)C.[2H]C(=O)C(F)(F)F. The summed E-state index contributed by atoms with van der Waals surface area (Å²) in [4.78, 5) is 104. The Bertz CT molecular complexity index is 2790. The lowest BCUT2D eigenvalue weighted by molar-refractivity contribution is -0.156. The number of carbonyl (C=O) groups is 8. The molecule has 4 aromatic carbocycles. The minimum Gasteiger partial charge on any atom is -0.444 e. The van der Waals surface area contributed by atoms with Crippen molar-refractivity contribution in [1.29, 1.82) is 0 Å². The molecule has 0 radical (unpaired) electrons. The van der Waals surface area contributed by atoms with Gasteiger partial charge in [0.25, 0.3) is 0 Å². The van der Waals surface area contributed by atoms with E-state index in [9.17, 15) is 46.7 Å². The number of nitrogens with one attached hydrogen (secondary N) is 4. The maximum absolute atomic E-state index is 13.6. The summed E-state index contributed by atoms with van der Waals surface area (Å²) in [6.07, 6.45) is -5.60. The third-order valence-corrected chi connectivity index (χ3v) is 13.4. The van der Waals surface area contributed by atoms with Gasteiger partial charge in [-0.05, 0) is 82.7 Å². The fourth-order valence-electron chi connectivity index (χ4n) is 9.07. The lowest BCUT2D eigenvalue weighted by Crippen LogP contribution is -2.56. The largest absolute Gasteiger partial charge is 0.446 e. The first kappa shape index (κ1) is 61.7. The summed E-state index contributed by atoms with van der Waals surface area (Å²) >= 11 is 0. The number of rotatable bonds is 10. The second-order valence-electron chi connectivity index (χ2n) is 19.7. The predicted octanol–water partition coefficient (Wildman–Crippen LogP) is 8.71. The number of amides is 7. The van der Waals surface area contributed by atoms with Crippen molar-refractivity contribution >= 4 is 80.7 Å². The minimum atomic E-state index is -4.97. The molecule has 18 nitrogen and oxygen atoms in total. The standard InChI is InChI=1S/C28H36N4O6.C24H29N3O4.C2HF3O.C2H6.CH4/c1-17(31(5)27(36)38-28(2,3)4)24(33)30-21-15-16-37-23-14-13-22(32(23)26(21)35)25(34)29-20-12-8-10-18-9-6-7-11-19(18)20;1-3-15(2)22(28)26-19-13-14-31-21-12-11-20(27(21)24(19)30)23(29)25-18-10-6-8-16-7-4-5-9-17(16)18;3-2(4,5)1-6;1-2;/h6-12,17,21-23H,13-16H2,1-5H3,(H,29,34)(H,30,33);4-10,15,19-21H,3,11-14H2,1-2H3,(H,25,29)(H,26,28);1H;1-2H3;1H4/t17-,21-,22-,23-;15-,19+,20+,21+;;;/m01.../s1/i;;1D;;. The number of carbonyl (C=O) groups excluding carboxylic acids is 8. The Hall–Kier alpha value is -7.13. The highest BCUT2D eigenvalue weighted by Crippen LogP contribution is 2.33. The number of halogens is 3. The van der Waals surface area contributed by atoms with Gasteiger partial charge in [0.15, 0.2) is 0 Å². The highest BCUT2D eigenvalue weighted by Gasteiger charge is 2.47. The Labute approximate surface area is 455 Å². The summed E-state index contributed by atoms with van der Waals surface area (Å²) in [6.45, 7) is 15.2. The summed E-state index contributed by atoms with van der Waals surface area (Å²) in [5.41, 5.74) is 0.683. The van der Waals surface area contributed by atoms with E-state index in [4.69, 9.17) is 20.4 Å². The molecule has 4 fully saturated rings. The van der Waals surface area contributed by atoms with Crippen LogP contribution in [-0.2, 0) is 47.8 Å². The van der Waals surface area contributed by atoms with E-state index in [0.717, 1.165) is 27.2 Å². The third-order valence-electron chi connectivity index (χ3n) is 13.4. The number of ether oxygens (including phenoxy) is 3. The number of hydrogen-bond acceptors (Lipinski definition) is 11. The number of likely N-dealkylation sites (N-methyl/N-ethyl adjacent to an activating group) is 1. The molecule has 4 aromatic rings. The molecule has 4 aliphatic heterocycles. The highest BCUT2D eigenvalue weighted by atomic mass is 19.4. The van der Waals surface area contributed by atoms with Crippen LogP contribution in [0.25, 0.3) is 21.5 Å². The van der Waals surface area contributed by atoms with E-state index in [1.807, 2.05) is 113 Å². The van der Waals surface area contributed by atoms with Gasteiger partial charge in [0.1, 0.15) is 49.6 Å². The smallest absolute Gasteiger partial charge is 0.444 e. The second kappa shape index (κ2) is 28.5. The van der Waals surface area contributed by atoms with Crippen LogP contribution < -0.4 is 21.3 Å². The number of anilines is 2. The zero-order chi connectivity index (χ0) is 57.6. The van der Waals surface area contributed by atoms with Gasteiger partial charge in [0, 0.05) is 48.0 Å². The summed E-state index contributed by atoms with van der Waals surface area (Å²) in [5.74, 6) is -1.95. The number of fused-ring (bicyclic) bond motifs is 4. The van der Waals surface area contributed by atoms with E-state index in [1.165, 1.54) is 21.7 Å². The molecule has 426 valence electrons. The van der Waals surface area contributed by atoms with Crippen molar-refractivity contribution in [1.82, 2.24) is 25.3 Å². The summed E-state index contributed by atoms with van der Waals surface area (Å²) in [7, 11) is 1.47. The van der Waals surface area contributed by atoms with Gasteiger partial charge in [-0.15, -0.1) is 0 Å². The predicted molar refractivity (Wildman–Crippen MR) is 291 cm³/mol. The Morgan fingerprint density at radius 2 is 1.10 bits per heavy atom. The molecule has 78 heavy (non-hydrogen) atoms. The molecule has 4 saturated heterocycles. The molecule has 4 aliphatic rings. The lowest BCUT2D eigenvalue weighted by atomic mass is 10.1. The van der Waals surface area contributed by atoms with Gasteiger partial charge in [-0.3, -0.25) is 38.5 Å². The molecule has 7 amide bonds. The molecule has 4 heterocycles. The van der Waals surface area contributed by atoms with Gasteiger partial charge in [0.05, 0.1) is 13.2 Å². The highest BCUT2D eigenvalue weighted by molar-refractivity contribution is 6.06. The second-order valence-corrected chi connectivity index (χ2v) is 19.7. The molecule has 0 unspecified atom stereocenters. The Kier molecular flexibility index (Phi) is 22.5. The van der Waals surface area contributed by atoms with E-state index in [0.29, 0.717) is 50.8 Å². The Balaban J connectivity index is 0.000000296. The topological polar surface area (TPSA) is 222 Å². The number of nitrogens with zero attached hydrogens (tertiary/aromatic N) is 3. The molecule has 8 rings (SSSR count). The van der Waals surface area contributed by atoms with E-state index >= 15 is 0 Å². The fraction of sp³-hybridized carbons (Fsp3) is 0.509. The van der Waals surface area contributed by atoms with Crippen LogP contribution in [-0.4, -0.2) is 137 Å². The van der Waals surface area contributed by atoms with Gasteiger partial charge in [-0.1, -0.05) is 108 Å². The first-order valence-corrected chi connectivity index (χ1v) is 26.0. The van der Waals surface area contributed by atoms with Crippen LogP contribution in [0, 0.1) is 5.92 Å².